The normalized spacial score (nSPS) is 15.5. The number of benzene rings is 1. The molecular weight excluding hydrogens is 271 g/mol. The molecule has 2 rings (SSSR count). The van der Waals surface area contributed by atoms with Crippen molar-refractivity contribution >= 4 is 17.4 Å². The number of hydrogen-bond acceptors (Lipinski definition) is 2. The first-order chi connectivity index (χ1) is 9.30. The Morgan fingerprint density at radius 3 is 2.50 bits per heavy atom. The largest absolute Gasteiger partial charge is 0.471 e. The highest BCUT2D eigenvalue weighted by atomic mass is 19.4. The van der Waals surface area contributed by atoms with Crippen LogP contribution in [-0.4, -0.2) is 24.4 Å². The Bertz CT molecular complexity index is 552. The van der Waals surface area contributed by atoms with E-state index in [1.807, 2.05) is 0 Å². The van der Waals surface area contributed by atoms with Crippen LogP contribution >= 0.6 is 0 Å². The smallest absolute Gasteiger partial charge is 0.304 e. The molecule has 0 unspecified atom stereocenters. The molecule has 0 saturated heterocycles. The van der Waals surface area contributed by atoms with Gasteiger partial charge < -0.3 is 4.90 Å². The van der Waals surface area contributed by atoms with E-state index in [2.05, 4.69) is 0 Å². The number of rotatable bonds is 1. The van der Waals surface area contributed by atoms with Gasteiger partial charge in [0.1, 0.15) is 0 Å². The molecular formula is C14H14F3NO2. The second-order valence-electron chi connectivity index (χ2n) is 4.81. The lowest BCUT2D eigenvalue weighted by atomic mass is 10.0. The van der Waals surface area contributed by atoms with E-state index in [-0.39, 0.29) is 18.0 Å². The monoisotopic (exact) mass is 285 g/mol. The third kappa shape index (κ3) is 2.84. The number of ketones is 1. The number of carbonyl (C=O) groups excluding carboxylic acids is 2. The quantitative estimate of drug-likeness (QED) is 0.743. The highest BCUT2D eigenvalue weighted by Crippen LogP contribution is 2.31. The van der Waals surface area contributed by atoms with Gasteiger partial charge in [0, 0.05) is 17.8 Å². The average Bonchev–Trinajstić information content (AvgIpc) is 2.57. The van der Waals surface area contributed by atoms with Gasteiger partial charge in [-0.2, -0.15) is 13.2 Å². The molecule has 1 aliphatic heterocycles. The summed E-state index contributed by atoms with van der Waals surface area (Å²) in [5, 5.41) is 0. The predicted molar refractivity (Wildman–Crippen MR) is 67.8 cm³/mol. The van der Waals surface area contributed by atoms with E-state index < -0.39 is 12.1 Å². The zero-order valence-electron chi connectivity index (χ0n) is 11.0. The van der Waals surface area contributed by atoms with E-state index in [0.717, 1.165) is 4.90 Å². The van der Waals surface area contributed by atoms with Crippen molar-refractivity contribution in [3.8, 4) is 0 Å². The molecule has 0 N–H and O–H groups in total. The van der Waals surface area contributed by atoms with Gasteiger partial charge in [-0.15, -0.1) is 0 Å². The maximum atomic E-state index is 12.6. The first-order valence-corrected chi connectivity index (χ1v) is 6.33. The van der Waals surface area contributed by atoms with Gasteiger partial charge in [0.15, 0.2) is 5.78 Å². The van der Waals surface area contributed by atoms with Gasteiger partial charge >= 0.3 is 12.1 Å². The summed E-state index contributed by atoms with van der Waals surface area (Å²) in [7, 11) is 0. The molecule has 1 aromatic carbocycles. The van der Waals surface area contributed by atoms with E-state index >= 15 is 0 Å². The fraction of sp³-hybridized carbons (Fsp3) is 0.429. The number of fused-ring (bicyclic) bond motifs is 1. The van der Waals surface area contributed by atoms with E-state index in [1.54, 1.807) is 6.07 Å². The first-order valence-electron chi connectivity index (χ1n) is 6.33. The van der Waals surface area contributed by atoms with Crippen molar-refractivity contribution in [3.05, 3.63) is 29.3 Å². The van der Waals surface area contributed by atoms with Gasteiger partial charge in [0.2, 0.25) is 0 Å². The molecule has 0 radical (unpaired) electrons. The zero-order valence-corrected chi connectivity index (χ0v) is 11.0. The molecule has 0 aromatic heterocycles. The highest BCUT2D eigenvalue weighted by Gasteiger charge is 2.43. The molecule has 0 spiro atoms. The molecule has 3 nitrogen and oxygen atoms in total. The van der Waals surface area contributed by atoms with Crippen molar-refractivity contribution < 1.29 is 22.8 Å². The molecule has 108 valence electrons. The molecule has 1 aliphatic rings. The van der Waals surface area contributed by atoms with Crippen LogP contribution in [0, 0.1) is 0 Å². The van der Waals surface area contributed by atoms with E-state index in [0.29, 0.717) is 30.4 Å². The summed E-state index contributed by atoms with van der Waals surface area (Å²) < 4.78 is 37.9. The zero-order chi connectivity index (χ0) is 14.9. The van der Waals surface area contributed by atoms with Gasteiger partial charge in [0.05, 0.1) is 0 Å². The van der Waals surface area contributed by atoms with Crippen molar-refractivity contribution in [2.24, 2.45) is 0 Å². The van der Waals surface area contributed by atoms with Gasteiger partial charge in [-0.1, -0.05) is 0 Å². The Kier molecular flexibility index (Phi) is 3.83. The summed E-state index contributed by atoms with van der Waals surface area (Å²) >= 11 is 0. The summed E-state index contributed by atoms with van der Waals surface area (Å²) in [5.41, 5.74) is 1.33. The first kappa shape index (κ1) is 14.6. The molecule has 1 aromatic rings. The van der Waals surface area contributed by atoms with E-state index in [1.165, 1.54) is 19.1 Å². The fourth-order valence-electron chi connectivity index (χ4n) is 2.34. The highest BCUT2D eigenvalue weighted by molar-refractivity contribution is 5.99. The standard InChI is InChI=1S/C14H14F3NO2/c1-9(19)10-5-6-12-11(8-10)4-2-3-7-18(12)13(20)14(15,16)17/h5-6,8H,2-4,7H2,1H3. The molecule has 20 heavy (non-hydrogen) atoms. The predicted octanol–water partition coefficient (Wildman–Crippen LogP) is 3.12. The third-order valence-electron chi connectivity index (χ3n) is 3.34. The maximum absolute atomic E-state index is 12.6. The van der Waals surface area contributed by atoms with Crippen molar-refractivity contribution in [1.82, 2.24) is 0 Å². The minimum absolute atomic E-state index is 0.0464. The van der Waals surface area contributed by atoms with Gasteiger partial charge in [-0.25, -0.2) is 0 Å². The second-order valence-corrected chi connectivity index (χ2v) is 4.81. The van der Waals surface area contributed by atoms with Crippen LogP contribution in [0.25, 0.3) is 0 Å². The minimum Gasteiger partial charge on any atom is -0.304 e. The number of nitrogens with zero attached hydrogens (tertiary/aromatic N) is 1. The molecule has 0 saturated carbocycles. The van der Waals surface area contributed by atoms with Crippen LogP contribution in [-0.2, 0) is 11.2 Å². The van der Waals surface area contributed by atoms with Crippen molar-refractivity contribution in [1.29, 1.82) is 0 Å². The van der Waals surface area contributed by atoms with E-state index in [9.17, 15) is 22.8 Å². The number of amides is 1. The van der Waals surface area contributed by atoms with Gasteiger partial charge in [0.25, 0.3) is 0 Å². The average molecular weight is 285 g/mol. The van der Waals surface area contributed by atoms with Crippen LogP contribution in [0.3, 0.4) is 0 Å². The topological polar surface area (TPSA) is 37.4 Å². The molecule has 1 amide bonds. The van der Waals surface area contributed by atoms with Crippen LogP contribution < -0.4 is 4.90 Å². The van der Waals surface area contributed by atoms with E-state index in [4.69, 9.17) is 0 Å². The van der Waals surface area contributed by atoms with Crippen LogP contribution in [0.15, 0.2) is 18.2 Å². The Morgan fingerprint density at radius 1 is 1.20 bits per heavy atom. The number of carbonyl (C=O) groups is 2. The Labute approximate surface area is 114 Å². The lowest BCUT2D eigenvalue weighted by Gasteiger charge is -2.24. The number of alkyl halides is 3. The SMILES string of the molecule is CC(=O)c1ccc2c(c1)CCCCN2C(=O)C(F)(F)F. The fourth-order valence-corrected chi connectivity index (χ4v) is 2.34. The molecule has 1 heterocycles. The lowest BCUT2D eigenvalue weighted by molar-refractivity contribution is -0.170. The third-order valence-corrected chi connectivity index (χ3v) is 3.34. The van der Waals surface area contributed by atoms with Crippen LogP contribution in [0.5, 0.6) is 0 Å². The van der Waals surface area contributed by atoms with Crippen LogP contribution in [0.2, 0.25) is 0 Å². The van der Waals surface area contributed by atoms with Gasteiger partial charge in [-0.05, 0) is 49.9 Å². The minimum atomic E-state index is -4.89. The number of Topliss-reactive ketones (excluding diaryl/α,β-unsaturated/α-hetero) is 1. The summed E-state index contributed by atoms with van der Waals surface area (Å²) in [5.74, 6) is -2.00. The van der Waals surface area contributed by atoms with Gasteiger partial charge in [-0.3, -0.25) is 9.59 Å². The Morgan fingerprint density at radius 2 is 1.90 bits per heavy atom. The molecule has 0 atom stereocenters. The summed E-state index contributed by atoms with van der Waals surface area (Å²) in [6.07, 6.45) is -3.12. The molecule has 6 heteroatoms. The number of aryl methyl sites for hydroxylation is 1. The van der Waals surface area contributed by atoms with Crippen molar-refractivity contribution in [2.75, 3.05) is 11.4 Å². The number of halogens is 3. The van der Waals surface area contributed by atoms with Crippen LogP contribution in [0.4, 0.5) is 18.9 Å². The van der Waals surface area contributed by atoms with Crippen LogP contribution in [0.1, 0.15) is 35.7 Å². The molecule has 0 fully saturated rings. The summed E-state index contributed by atoms with van der Waals surface area (Å²) in [6, 6.07) is 4.48. The maximum Gasteiger partial charge on any atom is 0.471 e. The summed E-state index contributed by atoms with van der Waals surface area (Å²) in [6.45, 7) is 1.45. The lowest BCUT2D eigenvalue weighted by Crippen LogP contribution is -2.41. The Hall–Kier alpha value is -1.85. The molecule has 0 aliphatic carbocycles. The van der Waals surface area contributed by atoms with Crippen molar-refractivity contribution in [2.45, 2.75) is 32.4 Å². The van der Waals surface area contributed by atoms with Crippen molar-refractivity contribution in [3.63, 3.8) is 0 Å². The second kappa shape index (κ2) is 5.26. The Balaban J connectivity index is 2.45. The number of hydrogen-bond donors (Lipinski definition) is 0. The summed E-state index contributed by atoms with van der Waals surface area (Å²) in [4.78, 5) is 23.6. The number of anilines is 1. The molecule has 0 bridgehead atoms.